The van der Waals surface area contributed by atoms with Crippen molar-refractivity contribution in [3.8, 4) is 0 Å². The van der Waals surface area contributed by atoms with Crippen LogP contribution in [0.15, 0.2) is 18.2 Å². The van der Waals surface area contributed by atoms with Crippen LogP contribution >= 0.6 is 11.6 Å². The topological polar surface area (TPSA) is 78.1 Å². The molecule has 0 aliphatic rings. The van der Waals surface area contributed by atoms with Gasteiger partial charge in [-0.25, -0.2) is 0 Å². The Bertz CT molecular complexity index is 275. The number of benzene rings is 1. The van der Waals surface area contributed by atoms with Crippen molar-refractivity contribution in [3.05, 3.63) is 28.8 Å². The van der Waals surface area contributed by atoms with Gasteiger partial charge in [0.15, 0.2) is 0 Å². The number of hydrogen-bond acceptors (Lipinski definition) is 3. The molecule has 0 heterocycles. The number of anilines is 1. The van der Waals surface area contributed by atoms with E-state index in [0.29, 0.717) is 17.3 Å². The molecule has 0 bridgehead atoms. The summed E-state index contributed by atoms with van der Waals surface area (Å²) >= 11 is 5.73. The molecule has 0 spiro atoms. The third kappa shape index (κ3) is 1.88. The molecule has 3 nitrogen and oxygen atoms in total. The first-order chi connectivity index (χ1) is 5.65. The summed E-state index contributed by atoms with van der Waals surface area (Å²) in [5.41, 5.74) is 18.1. The van der Waals surface area contributed by atoms with Crippen LogP contribution in [-0.4, -0.2) is 6.54 Å². The number of nitrogens with two attached hydrogens (primary N) is 3. The Morgan fingerprint density at radius 3 is 2.58 bits per heavy atom. The van der Waals surface area contributed by atoms with Gasteiger partial charge in [0, 0.05) is 12.6 Å². The second-order valence-electron chi connectivity index (χ2n) is 2.62. The maximum absolute atomic E-state index is 5.73. The van der Waals surface area contributed by atoms with Crippen molar-refractivity contribution in [2.24, 2.45) is 11.5 Å². The van der Waals surface area contributed by atoms with Gasteiger partial charge in [0.1, 0.15) is 0 Å². The highest BCUT2D eigenvalue weighted by Gasteiger charge is 2.04. The van der Waals surface area contributed by atoms with Crippen molar-refractivity contribution in [3.63, 3.8) is 0 Å². The summed E-state index contributed by atoms with van der Waals surface area (Å²) in [6.07, 6.45) is 0. The zero-order valence-electron chi connectivity index (χ0n) is 6.63. The minimum atomic E-state index is -0.162. The van der Waals surface area contributed by atoms with Crippen molar-refractivity contribution < 1.29 is 0 Å². The zero-order valence-corrected chi connectivity index (χ0v) is 7.38. The number of hydrogen-bond donors (Lipinski definition) is 3. The highest BCUT2D eigenvalue weighted by Crippen LogP contribution is 2.21. The lowest BCUT2D eigenvalue weighted by atomic mass is 10.1. The van der Waals surface area contributed by atoms with Crippen molar-refractivity contribution in [1.29, 1.82) is 0 Å². The van der Waals surface area contributed by atoms with Crippen molar-refractivity contribution in [1.82, 2.24) is 0 Å². The Balaban J connectivity index is 2.96. The predicted molar refractivity (Wildman–Crippen MR) is 51.8 cm³/mol. The highest BCUT2D eigenvalue weighted by molar-refractivity contribution is 6.33. The fourth-order valence-corrected chi connectivity index (χ4v) is 1.05. The first-order valence-corrected chi connectivity index (χ1v) is 4.03. The largest absolute Gasteiger partial charge is 0.398 e. The Morgan fingerprint density at radius 1 is 1.42 bits per heavy atom. The van der Waals surface area contributed by atoms with Gasteiger partial charge in [0.2, 0.25) is 0 Å². The van der Waals surface area contributed by atoms with Crippen molar-refractivity contribution in [2.45, 2.75) is 6.04 Å². The van der Waals surface area contributed by atoms with Crippen LogP contribution in [0.3, 0.4) is 0 Å². The summed E-state index contributed by atoms with van der Waals surface area (Å²) in [6, 6.07) is 5.14. The Kier molecular flexibility index (Phi) is 2.92. The third-order valence-corrected chi connectivity index (χ3v) is 2.05. The van der Waals surface area contributed by atoms with Crippen molar-refractivity contribution >= 4 is 17.3 Å². The second kappa shape index (κ2) is 3.76. The quantitative estimate of drug-likeness (QED) is 0.599. The molecule has 0 aromatic heterocycles. The van der Waals surface area contributed by atoms with Gasteiger partial charge in [0.25, 0.3) is 0 Å². The van der Waals surface area contributed by atoms with Crippen LogP contribution in [0.25, 0.3) is 0 Å². The van der Waals surface area contributed by atoms with Gasteiger partial charge < -0.3 is 17.2 Å². The molecule has 1 atom stereocenters. The average Bonchev–Trinajstić information content (AvgIpc) is 2.08. The molecule has 4 heteroatoms. The SMILES string of the molecule is NC[C@H](N)c1ccc(Cl)c(N)c1. The highest BCUT2D eigenvalue weighted by atomic mass is 35.5. The lowest BCUT2D eigenvalue weighted by Gasteiger charge is -2.09. The van der Waals surface area contributed by atoms with E-state index in [1.54, 1.807) is 12.1 Å². The Labute approximate surface area is 76.5 Å². The number of nitrogen functional groups attached to an aromatic ring is 1. The predicted octanol–water partition coefficient (Wildman–Crippen LogP) is 0.881. The molecular formula is C8H12ClN3. The van der Waals surface area contributed by atoms with Crippen LogP contribution in [0.4, 0.5) is 5.69 Å². The molecule has 0 fully saturated rings. The van der Waals surface area contributed by atoms with Gasteiger partial charge in [-0.15, -0.1) is 0 Å². The molecule has 1 aromatic rings. The molecule has 0 saturated heterocycles. The number of rotatable bonds is 2. The van der Waals surface area contributed by atoms with E-state index in [-0.39, 0.29) is 6.04 Å². The molecule has 0 aliphatic heterocycles. The molecule has 0 saturated carbocycles. The second-order valence-corrected chi connectivity index (χ2v) is 3.03. The van der Waals surface area contributed by atoms with Gasteiger partial charge in [-0.05, 0) is 17.7 Å². The molecule has 0 unspecified atom stereocenters. The molecule has 0 aliphatic carbocycles. The van der Waals surface area contributed by atoms with Gasteiger partial charge in [-0.2, -0.15) is 0 Å². The van der Waals surface area contributed by atoms with E-state index >= 15 is 0 Å². The Morgan fingerprint density at radius 2 is 2.08 bits per heavy atom. The molecule has 0 amide bonds. The summed E-state index contributed by atoms with van der Waals surface area (Å²) in [6.45, 7) is 0.404. The molecule has 12 heavy (non-hydrogen) atoms. The van der Waals surface area contributed by atoms with E-state index in [1.807, 2.05) is 6.07 Å². The molecule has 6 N–H and O–H groups in total. The molecule has 1 aromatic carbocycles. The maximum Gasteiger partial charge on any atom is 0.0635 e. The molecular weight excluding hydrogens is 174 g/mol. The van der Waals surface area contributed by atoms with Crippen LogP contribution < -0.4 is 17.2 Å². The lowest BCUT2D eigenvalue weighted by Crippen LogP contribution is -2.20. The van der Waals surface area contributed by atoms with Crippen LogP contribution in [0.2, 0.25) is 5.02 Å². The summed E-state index contributed by atoms with van der Waals surface area (Å²) in [4.78, 5) is 0. The van der Waals surface area contributed by atoms with E-state index in [4.69, 9.17) is 28.8 Å². The first-order valence-electron chi connectivity index (χ1n) is 3.65. The zero-order chi connectivity index (χ0) is 9.14. The fourth-order valence-electron chi connectivity index (χ4n) is 0.929. The monoisotopic (exact) mass is 185 g/mol. The van der Waals surface area contributed by atoms with Crippen LogP contribution in [0.5, 0.6) is 0 Å². The molecule has 1 rings (SSSR count). The first kappa shape index (κ1) is 9.32. The molecule has 0 radical (unpaired) electrons. The Hall–Kier alpha value is -0.770. The third-order valence-electron chi connectivity index (χ3n) is 1.70. The van der Waals surface area contributed by atoms with Gasteiger partial charge in [-0.3, -0.25) is 0 Å². The molecule has 66 valence electrons. The minimum Gasteiger partial charge on any atom is -0.398 e. The van der Waals surface area contributed by atoms with E-state index in [9.17, 15) is 0 Å². The van der Waals surface area contributed by atoms with E-state index in [2.05, 4.69) is 0 Å². The van der Waals surface area contributed by atoms with Crippen molar-refractivity contribution in [2.75, 3.05) is 12.3 Å². The normalized spacial score (nSPS) is 12.9. The summed E-state index contributed by atoms with van der Waals surface area (Å²) in [7, 11) is 0. The fraction of sp³-hybridized carbons (Fsp3) is 0.250. The lowest BCUT2D eigenvalue weighted by molar-refractivity contribution is 0.737. The van der Waals surface area contributed by atoms with Crippen LogP contribution in [0.1, 0.15) is 11.6 Å². The average molecular weight is 186 g/mol. The summed E-state index contributed by atoms with van der Waals surface area (Å²) in [5, 5.41) is 0.544. The van der Waals surface area contributed by atoms with Crippen LogP contribution in [0, 0.1) is 0 Å². The summed E-state index contributed by atoms with van der Waals surface area (Å²) in [5.74, 6) is 0. The van der Waals surface area contributed by atoms with Gasteiger partial charge in [0.05, 0.1) is 10.7 Å². The maximum atomic E-state index is 5.73. The minimum absolute atomic E-state index is 0.162. The van der Waals surface area contributed by atoms with Gasteiger partial charge >= 0.3 is 0 Å². The van der Waals surface area contributed by atoms with Gasteiger partial charge in [-0.1, -0.05) is 17.7 Å². The van der Waals surface area contributed by atoms with Crippen LogP contribution in [-0.2, 0) is 0 Å². The smallest absolute Gasteiger partial charge is 0.0635 e. The van der Waals surface area contributed by atoms with E-state index in [1.165, 1.54) is 0 Å². The van der Waals surface area contributed by atoms with E-state index in [0.717, 1.165) is 5.56 Å². The standard InChI is InChI=1S/C8H12ClN3/c9-6-2-1-5(3-7(6)11)8(12)4-10/h1-3,8H,4,10-12H2/t8-/m0/s1. The van der Waals surface area contributed by atoms with E-state index < -0.39 is 0 Å². The summed E-state index contributed by atoms with van der Waals surface area (Å²) < 4.78 is 0. The number of halogens is 1.